The Morgan fingerprint density at radius 2 is 1.20 bits per heavy atom. The number of aliphatic carboxylic acids is 2. The van der Waals surface area contributed by atoms with Crippen molar-refractivity contribution in [1.82, 2.24) is 20.6 Å². The Hall–Kier alpha value is -3.66. The number of para-hydroxylation sites is 2. The van der Waals surface area contributed by atoms with E-state index < -0.39 is 24.5 Å². The molecule has 35 heavy (non-hydrogen) atoms. The molecule has 0 radical (unpaired) electrons. The minimum atomic E-state index is -1.79. The number of hydrogen-bond donors (Lipinski definition) is 7. The van der Waals surface area contributed by atoms with Gasteiger partial charge in [0.25, 0.3) is 0 Å². The molecule has 0 saturated heterocycles. The van der Waals surface area contributed by atoms with E-state index in [1.807, 2.05) is 26.2 Å². The summed E-state index contributed by atoms with van der Waals surface area (Å²) in [6.45, 7) is 4.32. The lowest BCUT2D eigenvalue weighted by Crippen LogP contribution is -2.22. The number of nitrogens with one attached hydrogen (secondary N) is 4. The molecule has 2 aromatic heterocycles. The van der Waals surface area contributed by atoms with Crippen molar-refractivity contribution in [2.45, 2.75) is 38.5 Å². The lowest BCUT2D eigenvalue weighted by atomic mass is 10.1. The fourth-order valence-corrected chi connectivity index (χ4v) is 3.47. The van der Waals surface area contributed by atoms with E-state index in [9.17, 15) is 9.59 Å². The van der Waals surface area contributed by atoms with Crippen molar-refractivity contribution < 1.29 is 24.9 Å². The first-order chi connectivity index (χ1) is 16.7. The predicted octanol–water partition coefficient (Wildman–Crippen LogP) is 3.80. The third-order valence-electron chi connectivity index (χ3n) is 5.69. The van der Waals surface area contributed by atoms with Crippen LogP contribution in [0.25, 0.3) is 21.8 Å². The van der Waals surface area contributed by atoms with E-state index in [-0.39, 0.29) is 0 Å². The number of rotatable bonds is 7. The predicted molar refractivity (Wildman–Crippen MR) is 137 cm³/mol. The van der Waals surface area contributed by atoms with Crippen LogP contribution in [0.5, 0.6) is 0 Å². The highest BCUT2D eigenvalue weighted by atomic mass is 16.4. The van der Waals surface area contributed by atoms with E-state index in [0.29, 0.717) is 12.1 Å². The van der Waals surface area contributed by atoms with Gasteiger partial charge in [-0.25, -0.2) is 4.79 Å². The van der Waals surface area contributed by atoms with Crippen molar-refractivity contribution in [3.05, 3.63) is 72.1 Å². The first-order valence-electron chi connectivity index (χ1n) is 11.3. The van der Waals surface area contributed by atoms with Crippen LogP contribution in [0.2, 0.25) is 0 Å². The molecule has 3 atom stereocenters. The summed E-state index contributed by atoms with van der Waals surface area (Å²) in [5, 5.41) is 33.2. The molecular formula is C26H34N4O5. The molecule has 0 fully saturated rings. The number of H-pyrrole nitrogens is 2. The molecule has 0 amide bonds. The Labute approximate surface area is 204 Å². The van der Waals surface area contributed by atoms with Crippen molar-refractivity contribution in [2.24, 2.45) is 0 Å². The molecule has 4 rings (SSSR count). The highest BCUT2D eigenvalue weighted by molar-refractivity contribution is 5.84. The van der Waals surface area contributed by atoms with Gasteiger partial charge in [0, 0.05) is 46.3 Å². The van der Waals surface area contributed by atoms with Crippen LogP contribution in [0.3, 0.4) is 0 Å². The minimum Gasteiger partial charge on any atom is -0.481 e. The molecule has 0 aliphatic heterocycles. The molecule has 0 saturated carbocycles. The Bertz CT molecular complexity index is 1150. The fourth-order valence-electron chi connectivity index (χ4n) is 3.47. The summed E-state index contributed by atoms with van der Waals surface area (Å²) < 4.78 is 0. The molecule has 0 bridgehead atoms. The van der Waals surface area contributed by atoms with Crippen molar-refractivity contribution in [3.63, 3.8) is 0 Å². The molecule has 2 aromatic carbocycles. The third kappa shape index (κ3) is 7.68. The maximum Gasteiger partial charge on any atom is 0.333 e. The second-order valence-electron chi connectivity index (χ2n) is 8.05. The molecular weight excluding hydrogens is 448 g/mol. The number of aliphatic hydroxyl groups excluding tert-OH is 1. The van der Waals surface area contributed by atoms with E-state index in [1.54, 1.807) is 0 Å². The van der Waals surface area contributed by atoms with E-state index in [2.05, 4.69) is 83.2 Å². The summed E-state index contributed by atoms with van der Waals surface area (Å²) in [5.41, 5.74) is 5.08. The number of aromatic nitrogens is 2. The van der Waals surface area contributed by atoms with Gasteiger partial charge < -0.3 is 35.9 Å². The number of carboxylic acid groups (broad SMARTS) is 2. The maximum absolute atomic E-state index is 9.72. The fraction of sp³-hybridized carbons (Fsp3) is 0.308. The van der Waals surface area contributed by atoms with Gasteiger partial charge in [0.2, 0.25) is 0 Å². The van der Waals surface area contributed by atoms with Crippen LogP contribution in [0, 0.1) is 0 Å². The van der Waals surface area contributed by atoms with Crippen LogP contribution < -0.4 is 10.6 Å². The second-order valence-corrected chi connectivity index (χ2v) is 8.05. The largest absolute Gasteiger partial charge is 0.481 e. The normalized spacial score (nSPS) is 13.2. The first-order valence-corrected chi connectivity index (χ1v) is 11.3. The number of aromatic amines is 2. The molecule has 9 nitrogen and oxygen atoms in total. The molecule has 0 spiro atoms. The van der Waals surface area contributed by atoms with Gasteiger partial charge in [0.15, 0.2) is 6.10 Å². The number of hydrogen-bond acceptors (Lipinski definition) is 5. The molecule has 4 aromatic rings. The van der Waals surface area contributed by atoms with Crippen molar-refractivity contribution in [2.75, 3.05) is 14.1 Å². The van der Waals surface area contributed by atoms with E-state index in [1.165, 1.54) is 32.9 Å². The maximum atomic E-state index is 9.72. The topological polar surface area (TPSA) is 150 Å². The molecule has 7 N–H and O–H groups in total. The Balaban J connectivity index is 0.000000190. The van der Waals surface area contributed by atoms with Gasteiger partial charge >= 0.3 is 11.9 Å². The van der Waals surface area contributed by atoms with Crippen molar-refractivity contribution >= 4 is 33.7 Å². The Kier molecular flexibility index (Phi) is 10.5. The van der Waals surface area contributed by atoms with Crippen LogP contribution in [0.4, 0.5) is 0 Å². The summed E-state index contributed by atoms with van der Waals surface area (Å²) in [6, 6.07) is 17.5. The third-order valence-corrected chi connectivity index (χ3v) is 5.69. The highest BCUT2D eigenvalue weighted by Crippen LogP contribution is 2.24. The SMILES string of the molecule is CNC(C)c1c[nH]c2ccccc12.CNC(C)c1c[nH]c2ccccc12.O=C(O)CC(O)C(=O)O. The molecule has 188 valence electrons. The zero-order valence-corrected chi connectivity index (χ0v) is 20.4. The summed E-state index contributed by atoms with van der Waals surface area (Å²) in [7, 11) is 3.96. The Morgan fingerprint density at radius 1 is 0.800 bits per heavy atom. The number of fused-ring (bicyclic) bond motifs is 2. The molecule has 9 heteroatoms. The Morgan fingerprint density at radius 3 is 1.51 bits per heavy atom. The quantitative estimate of drug-likeness (QED) is 0.212. The summed E-state index contributed by atoms with van der Waals surface area (Å²) >= 11 is 0. The van der Waals surface area contributed by atoms with Gasteiger partial charge in [-0.1, -0.05) is 36.4 Å². The second kappa shape index (κ2) is 13.3. The van der Waals surface area contributed by atoms with Gasteiger partial charge in [-0.05, 0) is 51.2 Å². The smallest absolute Gasteiger partial charge is 0.333 e. The lowest BCUT2D eigenvalue weighted by Gasteiger charge is -2.07. The van der Waals surface area contributed by atoms with Crippen LogP contribution in [-0.4, -0.2) is 57.4 Å². The molecule has 2 heterocycles. The monoisotopic (exact) mass is 482 g/mol. The summed E-state index contributed by atoms with van der Waals surface area (Å²) in [6.07, 6.45) is 1.61. The number of carbonyl (C=O) groups is 2. The van der Waals surface area contributed by atoms with Crippen molar-refractivity contribution in [1.29, 1.82) is 0 Å². The average molecular weight is 483 g/mol. The van der Waals surface area contributed by atoms with Crippen LogP contribution >= 0.6 is 0 Å². The standard InChI is InChI=1S/2C11H14N2.C4H6O5/c2*1-8(12-2)10-7-13-11-6-4-3-5-9(10)11;5-2(4(8)9)1-3(6)7/h2*3-8,12-13H,1-2H3;2,5H,1H2,(H,6,7)(H,8,9). The minimum absolute atomic E-state index is 0.399. The lowest BCUT2D eigenvalue weighted by molar-refractivity contribution is -0.152. The molecule has 0 aliphatic carbocycles. The first kappa shape index (κ1) is 27.6. The van der Waals surface area contributed by atoms with Gasteiger partial charge in [-0.2, -0.15) is 0 Å². The van der Waals surface area contributed by atoms with Crippen LogP contribution in [0.1, 0.15) is 43.5 Å². The number of benzene rings is 2. The van der Waals surface area contributed by atoms with E-state index in [4.69, 9.17) is 15.3 Å². The zero-order valence-electron chi connectivity index (χ0n) is 20.4. The summed E-state index contributed by atoms with van der Waals surface area (Å²) in [5.74, 6) is -2.85. The summed E-state index contributed by atoms with van der Waals surface area (Å²) in [4.78, 5) is 25.9. The number of carboxylic acids is 2. The van der Waals surface area contributed by atoms with Crippen LogP contribution in [0.15, 0.2) is 60.9 Å². The highest BCUT2D eigenvalue weighted by Gasteiger charge is 2.16. The average Bonchev–Trinajstić information content (AvgIpc) is 3.48. The van der Waals surface area contributed by atoms with Gasteiger partial charge in [0.05, 0.1) is 6.42 Å². The van der Waals surface area contributed by atoms with E-state index >= 15 is 0 Å². The van der Waals surface area contributed by atoms with Crippen LogP contribution in [-0.2, 0) is 9.59 Å². The van der Waals surface area contributed by atoms with Crippen molar-refractivity contribution in [3.8, 4) is 0 Å². The molecule has 0 aliphatic rings. The zero-order chi connectivity index (χ0) is 26.0. The van der Waals surface area contributed by atoms with Gasteiger partial charge in [-0.3, -0.25) is 4.79 Å². The molecule has 3 unspecified atom stereocenters. The number of aliphatic hydroxyl groups is 1. The van der Waals surface area contributed by atoms with Gasteiger partial charge in [-0.15, -0.1) is 0 Å². The van der Waals surface area contributed by atoms with Gasteiger partial charge in [0.1, 0.15) is 0 Å². The van der Waals surface area contributed by atoms with E-state index in [0.717, 1.165) is 0 Å².